The molecule has 2 aromatic heterocycles. The third-order valence-electron chi connectivity index (χ3n) is 6.96. The SMILES string of the molecule is C=CCBr.C=CCn1c(C(=O)OCC)c2n(c1=O)CCN(C(=O)OC(C)(C)C)C2.CCOC(=O)c1[nH]c(=O)n2c1CN(C(=O)OC(C)(C)C)CC2. The Morgan fingerprint density at radius 1 is 0.765 bits per heavy atom. The number of H-pyrrole nitrogens is 1. The average Bonchev–Trinajstić information content (AvgIpc) is 3.53. The van der Waals surface area contributed by atoms with Crippen LogP contribution in [0.1, 0.15) is 87.8 Å². The minimum Gasteiger partial charge on any atom is -0.461 e. The van der Waals surface area contributed by atoms with E-state index in [1.807, 2.05) is 0 Å². The van der Waals surface area contributed by atoms with Gasteiger partial charge in [-0.05, 0) is 55.4 Å². The van der Waals surface area contributed by atoms with Crippen LogP contribution in [0.5, 0.6) is 0 Å². The van der Waals surface area contributed by atoms with Crippen molar-refractivity contribution in [2.75, 3.05) is 31.6 Å². The van der Waals surface area contributed by atoms with Crippen molar-refractivity contribution in [3.05, 3.63) is 69.1 Å². The minimum absolute atomic E-state index is 0.0973. The van der Waals surface area contributed by atoms with Gasteiger partial charge in [-0.3, -0.25) is 18.7 Å². The Labute approximate surface area is 306 Å². The summed E-state index contributed by atoms with van der Waals surface area (Å²) < 4.78 is 25.0. The van der Waals surface area contributed by atoms with Crippen molar-refractivity contribution in [1.29, 1.82) is 0 Å². The first-order valence-electron chi connectivity index (χ1n) is 16.6. The van der Waals surface area contributed by atoms with Gasteiger partial charge in [0.1, 0.15) is 11.2 Å². The van der Waals surface area contributed by atoms with Crippen molar-refractivity contribution in [2.24, 2.45) is 0 Å². The van der Waals surface area contributed by atoms with Gasteiger partial charge in [-0.25, -0.2) is 28.8 Å². The van der Waals surface area contributed by atoms with Crippen LogP contribution in [0.15, 0.2) is 34.9 Å². The van der Waals surface area contributed by atoms with E-state index >= 15 is 0 Å². The molecule has 16 nitrogen and oxygen atoms in total. The second-order valence-corrected chi connectivity index (χ2v) is 13.9. The van der Waals surface area contributed by atoms with E-state index in [0.29, 0.717) is 37.6 Å². The lowest BCUT2D eigenvalue weighted by Crippen LogP contribution is -2.43. The van der Waals surface area contributed by atoms with Gasteiger partial charge in [0.05, 0.1) is 37.7 Å². The molecule has 0 unspecified atom stereocenters. The van der Waals surface area contributed by atoms with E-state index < -0.39 is 35.3 Å². The van der Waals surface area contributed by atoms with Gasteiger partial charge in [0, 0.05) is 38.1 Å². The van der Waals surface area contributed by atoms with Crippen molar-refractivity contribution in [3.8, 4) is 0 Å². The fraction of sp³-hybridized carbons (Fsp3) is 0.588. The molecule has 2 aromatic rings. The summed E-state index contributed by atoms with van der Waals surface area (Å²) in [5.74, 6) is -1.18. The number of nitrogens with one attached hydrogen (secondary N) is 1. The molecular weight excluding hydrogens is 732 g/mol. The summed E-state index contributed by atoms with van der Waals surface area (Å²) >= 11 is 3.13. The number of nitrogens with zero attached hydrogens (tertiary/aromatic N) is 5. The highest BCUT2D eigenvalue weighted by molar-refractivity contribution is 9.09. The number of carbonyl (C=O) groups excluding carboxylic acids is 4. The van der Waals surface area contributed by atoms with Gasteiger partial charge in [-0.2, -0.15) is 0 Å². The largest absolute Gasteiger partial charge is 0.461 e. The zero-order chi connectivity index (χ0) is 38.7. The number of halogens is 1. The summed E-state index contributed by atoms with van der Waals surface area (Å²) in [6.45, 7) is 23.3. The smallest absolute Gasteiger partial charge is 0.410 e. The normalized spacial score (nSPS) is 13.6. The molecule has 0 atom stereocenters. The first kappa shape index (κ1) is 42.6. The number of alkyl halides is 1. The summed E-state index contributed by atoms with van der Waals surface area (Å²) in [6, 6.07) is 0. The van der Waals surface area contributed by atoms with E-state index in [2.05, 4.69) is 34.1 Å². The van der Waals surface area contributed by atoms with Gasteiger partial charge in [-0.15, -0.1) is 13.2 Å². The van der Waals surface area contributed by atoms with Crippen LogP contribution < -0.4 is 11.4 Å². The number of aromatic nitrogens is 4. The predicted octanol–water partition coefficient (Wildman–Crippen LogP) is 4.43. The lowest BCUT2D eigenvalue weighted by Gasteiger charge is -2.30. The third kappa shape index (κ3) is 11.8. The molecule has 0 radical (unpaired) electrons. The Hall–Kier alpha value is -4.54. The Kier molecular flexibility index (Phi) is 15.6. The van der Waals surface area contributed by atoms with E-state index in [9.17, 15) is 28.8 Å². The topological polar surface area (TPSA) is 176 Å². The van der Waals surface area contributed by atoms with Crippen molar-refractivity contribution < 1.29 is 38.1 Å². The molecule has 0 aromatic carbocycles. The van der Waals surface area contributed by atoms with E-state index in [0.717, 1.165) is 5.33 Å². The second kappa shape index (κ2) is 18.6. The lowest BCUT2D eigenvalue weighted by molar-refractivity contribution is 0.0186. The van der Waals surface area contributed by atoms with E-state index in [1.165, 1.54) is 23.5 Å². The summed E-state index contributed by atoms with van der Waals surface area (Å²) in [5.41, 5.74) is -0.727. The monoisotopic (exact) mass is 782 g/mol. The van der Waals surface area contributed by atoms with E-state index in [1.54, 1.807) is 67.5 Å². The number of rotatable bonds is 7. The predicted molar refractivity (Wildman–Crippen MR) is 193 cm³/mol. The van der Waals surface area contributed by atoms with Crippen LogP contribution in [0, 0.1) is 0 Å². The Morgan fingerprint density at radius 2 is 1.24 bits per heavy atom. The first-order valence-corrected chi connectivity index (χ1v) is 17.7. The molecule has 1 N–H and O–H groups in total. The number of esters is 2. The zero-order valence-electron chi connectivity index (χ0n) is 30.8. The highest BCUT2D eigenvalue weighted by Gasteiger charge is 2.34. The van der Waals surface area contributed by atoms with Gasteiger partial charge >= 0.3 is 35.5 Å². The molecule has 2 aliphatic rings. The van der Waals surface area contributed by atoms with Gasteiger partial charge in [0.2, 0.25) is 0 Å². The van der Waals surface area contributed by atoms with E-state index in [-0.39, 0.29) is 55.6 Å². The zero-order valence-corrected chi connectivity index (χ0v) is 32.4. The molecule has 17 heteroatoms. The van der Waals surface area contributed by atoms with Gasteiger partial charge in [-0.1, -0.05) is 28.1 Å². The maximum absolute atomic E-state index is 12.6. The number of ether oxygens (including phenoxy) is 4. The maximum Gasteiger partial charge on any atom is 0.410 e. The maximum atomic E-state index is 12.6. The summed E-state index contributed by atoms with van der Waals surface area (Å²) in [4.78, 5) is 78.6. The molecule has 51 heavy (non-hydrogen) atoms. The highest BCUT2D eigenvalue weighted by Crippen LogP contribution is 2.21. The Bertz CT molecular complexity index is 1690. The Balaban J connectivity index is 0.000000322. The van der Waals surface area contributed by atoms with E-state index in [4.69, 9.17) is 18.9 Å². The fourth-order valence-corrected chi connectivity index (χ4v) is 4.96. The van der Waals surface area contributed by atoms with Crippen LogP contribution in [0.2, 0.25) is 0 Å². The van der Waals surface area contributed by atoms with Crippen molar-refractivity contribution in [2.45, 2.75) is 99.3 Å². The van der Waals surface area contributed by atoms with Crippen LogP contribution in [0.25, 0.3) is 0 Å². The molecule has 284 valence electrons. The minimum atomic E-state index is -0.618. The first-order chi connectivity index (χ1) is 23.8. The molecule has 0 bridgehead atoms. The molecule has 4 rings (SSSR count). The quantitative estimate of drug-likeness (QED) is 0.183. The number of hydrogen-bond donors (Lipinski definition) is 1. The Morgan fingerprint density at radius 3 is 1.69 bits per heavy atom. The van der Waals surface area contributed by atoms with Gasteiger partial charge in [0.15, 0.2) is 11.4 Å². The van der Waals surface area contributed by atoms with Crippen LogP contribution in [-0.4, -0.2) is 95.4 Å². The van der Waals surface area contributed by atoms with Gasteiger partial charge in [0.25, 0.3) is 0 Å². The average molecular weight is 784 g/mol. The molecule has 0 spiro atoms. The van der Waals surface area contributed by atoms with Crippen LogP contribution >= 0.6 is 15.9 Å². The molecule has 0 saturated carbocycles. The van der Waals surface area contributed by atoms with Gasteiger partial charge < -0.3 is 28.7 Å². The number of imidazole rings is 2. The lowest BCUT2D eigenvalue weighted by atomic mass is 10.2. The summed E-state index contributed by atoms with van der Waals surface area (Å²) in [7, 11) is 0. The summed E-state index contributed by atoms with van der Waals surface area (Å²) in [6.07, 6.45) is 2.39. The van der Waals surface area contributed by atoms with Crippen LogP contribution in [0.4, 0.5) is 9.59 Å². The second-order valence-electron chi connectivity index (χ2n) is 13.2. The molecule has 0 saturated heterocycles. The standard InChI is InChI=1S/C17H25N3O5.C14H21N3O5.C3H5Br/c1-6-8-20-13(14(21)24-7-2)12-11-18(9-10-19(12)15(20)22)16(23)25-17(3,4)5;1-5-21-11(18)10-9-8-16(13(20)22-14(2,3)4)6-7-17(9)12(19)15-10;1-2-3-4/h6H,1,7-11H2,2-5H3;5-8H2,1-4H3,(H,15,19);2H,1,3H2. The number of allylic oxidation sites excluding steroid dienone is 2. The molecule has 2 aliphatic heterocycles. The van der Waals surface area contributed by atoms with Crippen molar-refractivity contribution in [3.63, 3.8) is 0 Å². The van der Waals surface area contributed by atoms with Crippen LogP contribution in [-0.2, 0) is 51.7 Å². The number of aromatic amines is 1. The number of amides is 2. The highest BCUT2D eigenvalue weighted by atomic mass is 79.9. The number of hydrogen-bond acceptors (Lipinski definition) is 10. The number of fused-ring (bicyclic) bond motifs is 2. The number of carbonyl (C=O) groups is 4. The molecule has 0 aliphatic carbocycles. The van der Waals surface area contributed by atoms with Crippen LogP contribution in [0.3, 0.4) is 0 Å². The van der Waals surface area contributed by atoms with Crippen molar-refractivity contribution in [1.82, 2.24) is 28.5 Å². The molecule has 2 amide bonds. The van der Waals surface area contributed by atoms with Crippen molar-refractivity contribution >= 4 is 40.1 Å². The molecule has 4 heterocycles. The third-order valence-corrected chi connectivity index (χ3v) is 7.42. The molecule has 0 fully saturated rings. The fourth-order valence-electron chi connectivity index (χ4n) is 4.96. The summed E-state index contributed by atoms with van der Waals surface area (Å²) in [5, 5.41) is 0.896. The molecular formula is C34H51BrN6O10.